The Hall–Kier alpha value is -1.80. The fourth-order valence-corrected chi connectivity index (χ4v) is 4.25. The van der Waals surface area contributed by atoms with Crippen molar-refractivity contribution in [2.24, 2.45) is 4.99 Å². The Morgan fingerprint density at radius 2 is 1.96 bits per heavy atom. The van der Waals surface area contributed by atoms with Crippen molar-refractivity contribution < 1.29 is 18.9 Å². The molecule has 2 saturated heterocycles. The fraction of sp³-hybridized carbons (Fsp3) is 0.789. The summed E-state index contributed by atoms with van der Waals surface area (Å²) in [6, 6.07) is -0.302. The van der Waals surface area contributed by atoms with E-state index in [1.165, 1.54) is 36.1 Å². The zero-order valence-corrected chi connectivity index (χ0v) is 17.0. The van der Waals surface area contributed by atoms with Crippen LogP contribution in [0.3, 0.4) is 0 Å². The molecule has 150 valence electrons. The van der Waals surface area contributed by atoms with Crippen molar-refractivity contribution in [2.75, 3.05) is 46.9 Å². The molecule has 2 fully saturated rings. The van der Waals surface area contributed by atoms with Gasteiger partial charge in [-0.25, -0.2) is 9.37 Å². The predicted molar refractivity (Wildman–Crippen MR) is 103 cm³/mol. The smallest absolute Gasteiger partial charge is 0.333 e. The summed E-state index contributed by atoms with van der Waals surface area (Å²) < 4.78 is 7.58. The van der Waals surface area contributed by atoms with E-state index in [-0.39, 0.29) is 11.9 Å². The van der Waals surface area contributed by atoms with Gasteiger partial charge in [-0.1, -0.05) is 13.3 Å². The topological polar surface area (TPSA) is 68.5 Å². The molecule has 0 spiro atoms. The number of amides is 3. The van der Waals surface area contributed by atoms with Gasteiger partial charge in [0.2, 0.25) is 0 Å². The number of likely N-dealkylation sites (N-methyl/N-ethyl adjacent to an activating group) is 2. The van der Waals surface area contributed by atoms with Crippen LogP contribution in [0, 0.1) is 0 Å². The Morgan fingerprint density at radius 1 is 1.19 bits per heavy atom. The number of rotatable bonds is 7. The van der Waals surface area contributed by atoms with E-state index in [1.54, 1.807) is 7.05 Å². The molecular formula is C19H32N5O3+. The van der Waals surface area contributed by atoms with E-state index in [9.17, 15) is 9.59 Å². The molecule has 0 aromatic heterocycles. The van der Waals surface area contributed by atoms with Crippen LogP contribution in [0.1, 0.15) is 39.5 Å². The van der Waals surface area contributed by atoms with E-state index in [0.29, 0.717) is 38.2 Å². The van der Waals surface area contributed by atoms with E-state index in [4.69, 9.17) is 9.73 Å². The number of amidine groups is 2. The molecule has 0 aromatic carbocycles. The summed E-state index contributed by atoms with van der Waals surface area (Å²) >= 11 is 0. The molecule has 2 atom stereocenters. The maximum atomic E-state index is 12.9. The van der Waals surface area contributed by atoms with Gasteiger partial charge < -0.3 is 4.74 Å². The van der Waals surface area contributed by atoms with Crippen LogP contribution in [-0.4, -0.2) is 102 Å². The molecule has 0 N–H and O–H groups in total. The van der Waals surface area contributed by atoms with Crippen LogP contribution in [0.2, 0.25) is 0 Å². The number of imide groups is 1. The number of likely N-dealkylation sites (tertiary alicyclic amines) is 1. The number of carbonyl (C=O) groups is 2. The molecule has 0 aromatic rings. The van der Waals surface area contributed by atoms with Crippen molar-refractivity contribution in [3.05, 3.63) is 0 Å². The summed E-state index contributed by atoms with van der Waals surface area (Å²) in [5.41, 5.74) is 0. The lowest BCUT2D eigenvalue weighted by molar-refractivity contribution is -0.539. The van der Waals surface area contributed by atoms with Crippen LogP contribution in [0.5, 0.6) is 0 Å². The lowest BCUT2D eigenvalue weighted by Crippen LogP contribution is -2.61. The zero-order valence-electron chi connectivity index (χ0n) is 17.0. The third-order valence-corrected chi connectivity index (χ3v) is 5.86. The van der Waals surface area contributed by atoms with Crippen molar-refractivity contribution in [1.29, 1.82) is 0 Å². The highest BCUT2D eigenvalue weighted by Gasteiger charge is 2.53. The third-order valence-electron chi connectivity index (χ3n) is 5.86. The van der Waals surface area contributed by atoms with Gasteiger partial charge in [0, 0.05) is 26.7 Å². The molecule has 3 rings (SSSR count). The van der Waals surface area contributed by atoms with Crippen molar-refractivity contribution in [3.63, 3.8) is 0 Å². The van der Waals surface area contributed by atoms with Gasteiger partial charge in [0.05, 0.1) is 6.61 Å². The van der Waals surface area contributed by atoms with E-state index >= 15 is 0 Å². The molecule has 3 aliphatic rings. The highest BCUT2D eigenvalue weighted by atomic mass is 16.5. The molecule has 3 aliphatic heterocycles. The summed E-state index contributed by atoms with van der Waals surface area (Å²) in [5, 5.41) is 0. The number of urea groups is 1. The molecule has 0 bridgehead atoms. The largest absolute Gasteiger partial charge is 0.378 e. The van der Waals surface area contributed by atoms with Gasteiger partial charge in [0.25, 0.3) is 17.8 Å². The summed E-state index contributed by atoms with van der Waals surface area (Å²) in [7, 11) is 3.23. The number of nitrogens with zero attached hydrogens (tertiary/aromatic N) is 5. The van der Waals surface area contributed by atoms with Gasteiger partial charge in [-0.2, -0.15) is 0 Å². The summed E-state index contributed by atoms with van der Waals surface area (Å²) in [6.07, 6.45) is 4.80. The van der Waals surface area contributed by atoms with Gasteiger partial charge >= 0.3 is 11.9 Å². The molecule has 2 unspecified atom stereocenters. The molecule has 0 saturated carbocycles. The maximum absolute atomic E-state index is 12.9. The molecule has 0 radical (unpaired) electrons. The SMILES string of the molecule is CCOCC[N+]1=C(CN2CCCCC2CC)N=C2C1C(=O)N(C)C(=O)N2C. The van der Waals surface area contributed by atoms with E-state index < -0.39 is 6.04 Å². The summed E-state index contributed by atoms with van der Waals surface area (Å²) in [5.74, 6) is 1.20. The number of hydrogen-bond donors (Lipinski definition) is 0. The van der Waals surface area contributed by atoms with Crippen molar-refractivity contribution in [1.82, 2.24) is 14.7 Å². The molecule has 0 aliphatic carbocycles. The van der Waals surface area contributed by atoms with E-state index in [1.807, 2.05) is 11.5 Å². The molecule has 3 amide bonds. The van der Waals surface area contributed by atoms with Gasteiger partial charge in [-0.05, 0) is 37.7 Å². The van der Waals surface area contributed by atoms with Gasteiger partial charge in [0.1, 0.15) is 13.1 Å². The highest BCUT2D eigenvalue weighted by Crippen LogP contribution is 2.22. The number of carbonyl (C=O) groups excluding carboxylic acids is 2. The number of aliphatic imine (C=N–C) groups is 1. The molecule has 27 heavy (non-hydrogen) atoms. The van der Waals surface area contributed by atoms with Crippen LogP contribution >= 0.6 is 0 Å². The molecular weight excluding hydrogens is 346 g/mol. The fourth-order valence-electron chi connectivity index (χ4n) is 4.25. The summed E-state index contributed by atoms with van der Waals surface area (Å²) in [6.45, 7) is 7.72. The normalized spacial score (nSPS) is 26.7. The standard InChI is InChI=1S/C19H32N5O3/c1-5-14-9-7-8-10-23(14)13-15-20-17-16(24(15)11-12-27-6-2)18(25)22(4)19(26)21(17)3/h14,16H,5-13H2,1-4H3/q+1. The quantitative estimate of drug-likeness (QED) is 0.490. The number of ether oxygens (including phenoxy) is 1. The number of hydrogen-bond acceptors (Lipinski definition) is 5. The minimum absolute atomic E-state index is 0.214. The Labute approximate surface area is 161 Å². The van der Waals surface area contributed by atoms with Crippen LogP contribution < -0.4 is 0 Å². The average Bonchev–Trinajstić information content (AvgIpc) is 3.03. The lowest BCUT2D eigenvalue weighted by atomic mass is 10.00. The first-order valence-electron chi connectivity index (χ1n) is 10.1. The first-order valence-corrected chi connectivity index (χ1v) is 10.1. The van der Waals surface area contributed by atoms with E-state index in [2.05, 4.69) is 11.8 Å². The zero-order chi connectivity index (χ0) is 19.6. The Bertz CT molecular complexity index is 660. The maximum Gasteiger partial charge on any atom is 0.333 e. The minimum atomic E-state index is -0.530. The predicted octanol–water partition coefficient (Wildman–Crippen LogP) is 1.00. The lowest BCUT2D eigenvalue weighted by Gasteiger charge is -2.34. The second-order valence-electron chi connectivity index (χ2n) is 7.45. The van der Waals surface area contributed by atoms with Crippen LogP contribution in [0.4, 0.5) is 4.79 Å². The molecule has 3 heterocycles. The van der Waals surface area contributed by atoms with Crippen molar-refractivity contribution >= 4 is 23.6 Å². The number of piperidine rings is 1. The number of fused-ring (bicyclic) bond motifs is 1. The Morgan fingerprint density at radius 3 is 2.67 bits per heavy atom. The Balaban J connectivity index is 1.89. The second kappa shape index (κ2) is 8.48. The third kappa shape index (κ3) is 3.78. The van der Waals surface area contributed by atoms with Crippen LogP contribution in [-0.2, 0) is 9.53 Å². The van der Waals surface area contributed by atoms with Crippen LogP contribution in [0.15, 0.2) is 4.99 Å². The molecule has 8 heteroatoms. The highest BCUT2D eigenvalue weighted by molar-refractivity contribution is 6.23. The summed E-state index contributed by atoms with van der Waals surface area (Å²) in [4.78, 5) is 35.1. The molecule has 8 nitrogen and oxygen atoms in total. The van der Waals surface area contributed by atoms with Crippen LogP contribution in [0.25, 0.3) is 0 Å². The minimum Gasteiger partial charge on any atom is -0.378 e. The monoisotopic (exact) mass is 378 g/mol. The first kappa shape index (κ1) is 19.9. The Kier molecular flexibility index (Phi) is 6.26. The van der Waals surface area contributed by atoms with Gasteiger partial charge in [-0.15, -0.1) is 0 Å². The van der Waals surface area contributed by atoms with Gasteiger partial charge in [-0.3, -0.25) is 19.5 Å². The average molecular weight is 378 g/mol. The second-order valence-corrected chi connectivity index (χ2v) is 7.45. The van der Waals surface area contributed by atoms with Crippen molar-refractivity contribution in [3.8, 4) is 0 Å². The van der Waals surface area contributed by atoms with E-state index in [0.717, 1.165) is 18.8 Å². The first-order chi connectivity index (χ1) is 13.0. The van der Waals surface area contributed by atoms with Gasteiger partial charge in [0.15, 0.2) is 0 Å². The van der Waals surface area contributed by atoms with Crippen molar-refractivity contribution in [2.45, 2.75) is 51.6 Å².